The van der Waals surface area contributed by atoms with Gasteiger partial charge in [-0.1, -0.05) is 12.1 Å². The lowest BCUT2D eigenvalue weighted by molar-refractivity contribution is -0.153. The van der Waals surface area contributed by atoms with E-state index < -0.39 is 29.1 Å². The van der Waals surface area contributed by atoms with Gasteiger partial charge in [0.05, 0.1) is 0 Å². The van der Waals surface area contributed by atoms with Crippen LogP contribution in [0.5, 0.6) is 5.75 Å². The van der Waals surface area contributed by atoms with Crippen molar-refractivity contribution in [2.24, 2.45) is 0 Å². The molecule has 1 saturated heterocycles. The van der Waals surface area contributed by atoms with Crippen LogP contribution in [0.15, 0.2) is 24.3 Å². The van der Waals surface area contributed by atoms with Gasteiger partial charge in [0.1, 0.15) is 11.8 Å². The van der Waals surface area contributed by atoms with Crippen LogP contribution in [0.4, 0.5) is 4.79 Å². The van der Waals surface area contributed by atoms with Crippen LogP contribution in [0.25, 0.3) is 0 Å². The molecule has 1 aromatic rings. The molecule has 1 unspecified atom stereocenters. The van der Waals surface area contributed by atoms with E-state index in [4.69, 9.17) is 11.6 Å². The number of piperazine rings is 1. The van der Waals surface area contributed by atoms with Crippen LogP contribution in [-0.4, -0.2) is 57.6 Å². The summed E-state index contributed by atoms with van der Waals surface area (Å²) in [4.78, 5) is 49.8. The molecule has 0 spiro atoms. The van der Waals surface area contributed by atoms with Gasteiger partial charge in [-0.2, -0.15) is 0 Å². The number of nitrogens with zero attached hydrogens (tertiary/aromatic N) is 2. The van der Waals surface area contributed by atoms with E-state index in [2.05, 4.69) is 5.32 Å². The van der Waals surface area contributed by atoms with Gasteiger partial charge in [-0.05, 0) is 36.2 Å². The number of rotatable bonds is 4. The van der Waals surface area contributed by atoms with Crippen molar-refractivity contribution >= 4 is 34.7 Å². The summed E-state index contributed by atoms with van der Waals surface area (Å²) in [5.74, 6) is -1.73. The van der Waals surface area contributed by atoms with Crippen molar-refractivity contribution < 1.29 is 24.3 Å². The normalized spacial score (nSPS) is 16.1. The van der Waals surface area contributed by atoms with Crippen LogP contribution in [0, 0.1) is 0 Å². The quantitative estimate of drug-likeness (QED) is 0.609. The molecule has 0 bridgehead atoms. The Bertz CT molecular complexity index is 676. The number of benzene rings is 1. The fraction of sp³-hybridized carbons (Fsp3) is 0.333. The molecule has 0 saturated carbocycles. The van der Waals surface area contributed by atoms with Crippen LogP contribution in [0.1, 0.15) is 18.5 Å². The van der Waals surface area contributed by atoms with E-state index >= 15 is 0 Å². The van der Waals surface area contributed by atoms with Crippen molar-refractivity contribution in [2.75, 3.05) is 19.6 Å². The minimum atomic E-state index is -1.20. The van der Waals surface area contributed by atoms with E-state index in [1.807, 2.05) is 0 Å². The lowest BCUT2D eigenvalue weighted by Gasteiger charge is -2.32. The molecule has 1 aromatic carbocycles. The Morgan fingerprint density at radius 2 is 1.83 bits per heavy atom. The SMILES string of the molecule is CCN1CCN(C(=O)NC(C(=O)Cl)c2ccc(O)cc2)C(=O)C1=O. The third kappa shape index (κ3) is 3.65. The zero-order valence-corrected chi connectivity index (χ0v) is 13.6. The third-order valence-corrected chi connectivity index (χ3v) is 3.88. The van der Waals surface area contributed by atoms with E-state index in [0.717, 1.165) is 4.90 Å². The fourth-order valence-electron chi connectivity index (χ4n) is 2.31. The van der Waals surface area contributed by atoms with Gasteiger partial charge >= 0.3 is 17.8 Å². The first-order valence-electron chi connectivity index (χ1n) is 7.24. The molecule has 2 rings (SSSR count). The largest absolute Gasteiger partial charge is 0.508 e. The van der Waals surface area contributed by atoms with Gasteiger partial charge in [0.15, 0.2) is 0 Å². The summed E-state index contributed by atoms with van der Waals surface area (Å²) >= 11 is 5.52. The lowest BCUT2D eigenvalue weighted by atomic mass is 10.1. The van der Waals surface area contributed by atoms with Crippen molar-refractivity contribution in [3.8, 4) is 5.75 Å². The minimum absolute atomic E-state index is 0.0118. The number of amides is 4. The first-order valence-corrected chi connectivity index (χ1v) is 7.62. The molecular formula is C15H16ClN3O5. The fourth-order valence-corrected chi connectivity index (χ4v) is 2.49. The van der Waals surface area contributed by atoms with Crippen molar-refractivity contribution in [1.82, 2.24) is 15.1 Å². The maximum atomic E-state index is 12.3. The number of nitrogens with one attached hydrogen (secondary N) is 1. The number of imide groups is 1. The predicted molar refractivity (Wildman–Crippen MR) is 84.2 cm³/mol. The Labute approximate surface area is 143 Å². The molecule has 0 aliphatic carbocycles. The number of hydrogen-bond acceptors (Lipinski definition) is 5. The van der Waals surface area contributed by atoms with Gasteiger partial charge in [0, 0.05) is 19.6 Å². The van der Waals surface area contributed by atoms with Gasteiger partial charge in [-0.25, -0.2) is 4.79 Å². The number of hydrogen-bond donors (Lipinski definition) is 2. The zero-order valence-electron chi connectivity index (χ0n) is 12.9. The number of urea groups is 1. The second kappa shape index (κ2) is 7.31. The monoisotopic (exact) mass is 353 g/mol. The van der Waals surface area contributed by atoms with Crippen LogP contribution in [0.2, 0.25) is 0 Å². The maximum absolute atomic E-state index is 12.3. The summed E-state index contributed by atoms with van der Waals surface area (Å²) in [6, 6.07) is 3.43. The summed E-state index contributed by atoms with van der Waals surface area (Å²) in [7, 11) is 0. The van der Waals surface area contributed by atoms with Gasteiger partial charge in [-0.3, -0.25) is 19.3 Å². The molecule has 1 aliphatic heterocycles. The van der Waals surface area contributed by atoms with Gasteiger partial charge in [0.25, 0.3) is 0 Å². The number of carbonyl (C=O) groups excluding carboxylic acids is 4. The van der Waals surface area contributed by atoms with Crippen LogP contribution >= 0.6 is 11.6 Å². The van der Waals surface area contributed by atoms with Crippen molar-refractivity contribution in [1.29, 1.82) is 0 Å². The maximum Gasteiger partial charge on any atom is 0.325 e. The zero-order chi connectivity index (χ0) is 17.9. The Morgan fingerprint density at radius 1 is 1.21 bits per heavy atom. The molecule has 2 N–H and O–H groups in total. The molecule has 4 amide bonds. The summed E-state index contributed by atoms with van der Waals surface area (Å²) in [6.07, 6.45) is 0. The van der Waals surface area contributed by atoms with E-state index in [-0.39, 0.29) is 18.8 Å². The van der Waals surface area contributed by atoms with Crippen molar-refractivity contribution in [3.63, 3.8) is 0 Å². The topological polar surface area (TPSA) is 107 Å². The highest BCUT2D eigenvalue weighted by molar-refractivity contribution is 6.64. The molecular weight excluding hydrogens is 338 g/mol. The Hall–Kier alpha value is -2.61. The van der Waals surface area contributed by atoms with Gasteiger partial charge in [-0.15, -0.1) is 0 Å². The molecule has 0 radical (unpaired) electrons. The molecule has 1 fully saturated rings. The smallest absolute Gasteiger partial charge is 0.325 e. The number of phenols is 1. The second-order valence-corrected chi connectivity index (χ2v) is 5.49. The highest BCUT2D eigenvalue weighted by Crippen LogP contribution is 2.20. The third-order valence-electron chi connectivity index (χ3n) is 3.66. The Kier molecular flexibility index (Phi) is 5.40. The summed E-state index contributed by atoms with van der Waals surface area (Å²) < 4.78 is 0. The summed E-state index contributed by atoms with van der Waals surface area (Å²) in [6.45, 7) is 2.36. The molecule has 1 aliphatic rings. The molecule has 1 atom stereocenters. The Balaban J connectivity index is 2.14. The van der Waals surface area contributed by atoms with Gasteiger partial charge in [0.2, 0.25) is 5.24 Å². The van der Waals surface area contributed by atoms with E-state index in [9.17, 15) is 24.3 Å². The van der Waals surface area contributed by atoms with Crippen LogP contribution < -0.4 is 5.32 Å². The van der Waals surface area contributed by atoms with Crippen molar-refractivity contribution in [2.45, 2.75) is 13.0 Å². The second-order valence-electron chi connectivity index (χ2n) is 5.12. The number of phenolic OH excluding ortho intramolecular Hbond substituents is 1. The molecule has 24 heavy (non-hydrogen) atoms. The summed E-state index contributed by atoms with van der Waals surface area (Å²) in [5, 5.41) is 10.8. The number of carbonyl (C=O) groups is 4. The number of halogens is 1. The first-order chi connectivity index (χ1) is 11.3. The highest BCUT2D eigenvalue weighted by Gasteiger charge is 2.36. The van der Waals surface area contributed by atoms with E-state index in [1.54, 1.807) is 6.92 Å². The van der Waals surface area contributed by atoms with Gasteiger partial charge < -0.3 is 15.3 Å². The average molecular weight is 354 g/mol. The Morgan fingerprint density at radius 3 is 2.38 bits per heavy atom. The van der Waals surface area contributed by atoms with Crippen LogP contribution in [-0.2, 0) is 14.4 Å². The van der Waals surface area contributed by atoms with Crippen LogP contribution in [0.3, 0.4) is 0 Å². The molecule has 8 nitrogen and oxygen atoms in total. The van der Waals surface area contributed by atoms with Crippen molar-refractivity contribution in [3.05, 3.63) is 29.8 Å². The standard InChI is InChI=1S/C15H16ClN3O5/c1-2-18-7-8-19(14(23)13(18)22)15(24)17-11(12(16)21)9-3-5-10(20)6-4-9/h3-6,11,20H,2,7-8H2,1H3,(H,17,24). The van der Waals surface area contributed by atoms with E-state index in [0.29, 0.717) is 12.1 Å². The first kappa shape index (κ1) is 17.7. The molecule has 0 aromatic heterocycles. The molecule has 9 heteroatoms. The number of likely N-dealkylation sites (N-methyl/N-ethyl adjacent to an activating group) is 1. The molecule has 1 heterocycles. The average Bonchev–Trinajstić information content (AvgIpc) is 2.55. The predicted octanol–water partition coefficient (Wildman–Crippen LogP) is 0.599. The lowest BCUT2D eigenvalue weighted by Crippen LogP contribution is -2.58. The number of aromatic hydroxyl groups is 1. The van der Waals surface area contributed by atoms with E-state index in [1.165, 1.54) is 29.2 Å². The highest BCUT2D eigenvalue weighted by atomic mass is 35.5. The minimum Gasteiger partial charge on any atom is -0.508 e. The molecule has 128 valence electrons. The summed E-state index contributed by atoms with van der Waals surface area (Å²) in [5.41, 5.74) is 0.340.